The molecule has 6 heteroatoms. The molecule has 152 valence electrons. The van der Waals surface area contributed by atoms with E-state index in [1.807, 2.05) is 48.5 Å². The molecule has 0 spiro atoms. The zero-order chi connectivity index (χ0) is 20.2. The molecule has 0 saturated carbocycles. The van der Waals surface area contributed by atoms with E-state index in [1.165, 1.54) is 0 Å². The van der Waals surface area contributed by atoms with Crippen LogP contribution in [-0.4, -0.2) is 40.9 Å². The molecule has 29 heavy (non-hydrogen) atoms. The minimum Gasteiger partial charge on any atom is -0.329 e. The molecule has 0 bridgehead atoms. The van der Waals surface area contributed by atoms with E-state index in [-0.39, 0.29) is 11.6 Å². The van der Waals surface area contributed by atoms with Crippen LogP contribution in [0.25, 0.3) is 10.8 Å². The van der Waals surface area contributed by atoms with Crippen LogP contribution in [-0.2, 0) is 6.42 Å². The van der Waals surface area contributed by atoms with E-state index in [9.17, 15) is 4.79 Å². The van der Waals surface area contributed by atoms with Crippen molar-refractivity contribution in [2.24, 2.45) is 5.73 Å². The predicted octanol–water partition coefficient (Wildman–Crippen LogP) is 3.63. The Bertz CT molecular complexity index is 1030. The van der Waals surface area contributed by atoms with Crippen LogP contribution in [0.5, 0.6) is 0 Å². The smallest absolute Gasteiger partial charge is 0.274 e. The van der Waals surface area contributed by atoms with E-state index in [1.54, 1.807) is 4.68 Å². The van der Waals surface area contributed by atoms with E-state index in [0.717, 1.165) is 65.9 Å². The summed E-state index contributed by atoms with van der Waals surface area (Å²) in [6, 6.07) is 15.8. The zero-order valence-corrected chi connectivity index (χ0v) is 17.3. The highest BCUT2D eigenvalue weighted by molar-refractivity contribution is 6.30. The number of halogens is 1. The molecule has 1 saturated heterocycles. The summed E-state index contributed by atoms with van der Waals surface area (Å²) in [5.41, 5.74) is 7.81. The van der Waals surface area contributed by atoms with Gasteiger partial charge >= 0.3 is 0 Å². The van der Waals surface area contributed by atoms with E-state index >= 15 is 0 Å². The average Bonchev–Trinajstić information content (AvgIpc) is 2.98. The Kier molecular flexibility index (Phi) is 6.28. The van der Waals surface area contributed by atoms with Crippen LogP contribution in [0.15, 0.2) is 53.3 Å². The summed E-state index contributed by atoms with van der Waals surface area (Å²) >= 11 is 6.03. The van der Waals surface area contributed by atoms with Crippen LogP contribution < -0.4 is 11.3 Å². The number of rotatable bonds is 5. The molecular formula is C23H27ClN4O. The molecule has 2 aromatic carbocycles. The molecule has 1 aliphatic heterocycles. The van der Waals surface area contributed by atoms with E-state index in [0.29, 0.717) is 13.0 Å². The largest absolute Gasteiger partial charge is 0.329 e. The Morgan fingerprint density at radius 1 is 1.03 bits per heavy atom. The molecule has 2 N–H and O–H groups in total. The SMILES string of the molecule is NCCN1CCCC(n2nc(Cc3ccc(Cl)cc3)c3ccccc3c2=O)CC1. The van der Waals surface area contributed by atoms with E-state index in [4.69, 9.17) is 22.4 Å². The zero-order valence-electron chi connectivity index (χ0n) is 16.6. The number of fused-ring (bicyclic) bond motifs is 1. The number of likely N-dealkylation sites (tertiary alicyclic amines) is 1. The minimum absolute atomic E-state index is 0.0118. The van der Waals surface area contributed by atoms with Crippen molar-refractivity contribution in [3.63, 3.8) is 0 Å². The highest BCUT2D eigenvalue weighted by atomic mass is 35.5. The lowest BCUT2D eigenvalue weighted by Gasteiger charge is -2.20. The second-order valence-electron chi connectivity index (χ2n) is 7.76. The van der Waals surface area contributed by atoms with Gasteiger partial charge in [-0.25, -0.2) is 4.68 Å². The van der Waals surface area contributed by atoms with E-state index < -0.39 is 0 Å². The Morgan fingerprint density at radius 2 is 1.79 bits per heavy atom. The summed E-state index contributed by atoms with van der Waals surface area (Å²) in [4.78, 5) is 15.6. The maximum absolute atomic E-state index is 13.2. The van der Waals surface area contributed by atoms with Crippen LogP contribution in [0.3, 0.4) is 0 Å². The van der Waals surface area contributed by atoms with Crippen molar-refractivity contribution in [3.8, 4) is 0 Å². The number of hydrogen-bond donors (Lipinski definition) is 1. The van der Waals surface area contributed by atoms with Gasteiger partial charge in [0.15, 0.2) is 0 Å². The standard InChI is InChI=1S/C23H27ClN4O/c24-18-9-7-17(8-10-18)16-22-20-5-1-2-6-21(20)23(29)28(26-22)19-4-3-13-27(14-11-19)15-12-25/h1-2,5-10,19H,3-4,11-16,25H2. The summed E-state index contributed by atoms with van der Waals surface area (Å²) in [6.07, 6.45) is 3.61. The van der Waals surface area contributed by atoms with Gasteiger partial charge in [-0.3, -0.25) is 4.79 Å². The van der Waals surface area contributed by atoms with Crippen molar-refractivity contribution in [1.29, 1.82) is 0 Å². The highest BCUT2D eigenvalue weighted by Crippen LogP contribution is 2.24. The van der Waals surface area contributed by atoms with Gasteiger partial charge in [0.1, 0.15) is 0 Å². The van der Waals surface area contributed by atoms with Gasteiger partial charge in [-0.05, 0) is 49.6 Å². The Labute approximate surface area is 176 Å². The van der Waals surface area contributed by atoms with Crippen molar-refractivity contribution in [1.82, 2.24) is 14.7 Å². The first-order valence-electron chi connectivity index (χ1n) is 10.3. The fourth-order valence-corrected chi connectivity index (χ4v) is 4.36. The molecule has 1 unspecified atom stereocenters. The monoisotopic (exact) mass is 410 g/mol. The van der Waals surface area contributed by atoms with Gasteiger partial charge in [0, 0.05) is 36.5 Å². The lowest BCUT2D eigenvalue weighted by atomic mass is 10.0. The predicted molar refractivity (Wildman–Crippen MR) is 119 cm³/mol. The van der Waals surface area contributed by atoms with Gasteiger partial charge in [-0.1, -0.05) is 41.9 Å². The van der Waals surface area contributed by atoms with Crippen molar-refractivity contribution < 1.29 is 0 Å². The maximum Gasteiger partial charge on any atom is 0.274 e. The van der Waals surface area contributed by atoms with Crippen LogP contribution in [0, 0.1) is 0 Å². The Morgan fingerprint density at radius 3 is 2.55 bits per heavy atom. The van der Waals surface area contributed by atoms with Gasteiger partial charge in [-0.15, -0.1) is 0 Å². The Balaban J connectivity index is 1.71. The van der Waals surface area contributed by atoms with Gasteiger partial charge in [0.25, 0.3) is 5.56 Å². The normalized spacial score (nSPS) is 18.1. The van der Waals surface area contributed by atoms with Gasteiger partial charge in [0.2, 0.25) is 0 Å². The third-order valence-electron chi connectivity index (χ3n) is 5.77. The molecule has 0 radical (unpaired) electrons. The van der Waals surface area contributed by atoms with Gasteiger partial charge < -0.3 is 10.6 Å². The quantitative estimate of drug-likeness (QED) is 0.697. The summed E-state index contributed by atoms with van der Waals surface area (Å²) in [7, 11) is 0. The van der Waals surface area contributed by atoms with Crippen LogP contribution >= 0.6 is 11.6 Å². The van der Waals surface area contributed by atoms with Crippen molar-refractivity contribution in [2.45, 2.75) is 31.7 Å². The molecule has 1 atom stereocenters. The average molecular weight is 411 g/mol. The van der Waals surface area contributed by atoms with Crippen LogP contribution in [0.1, 0.15) is 36.6 Å². The molecular weight excluding hydrogens is 384 g/mol. The number of aromatic nitrogens is 2. The number of nitrogens with two attached hydrogens (primary N) is 1. The highest BCUT2D eigenvalue weighted by Gasteiger charge is 2.22. The molecule has 3 aromatic rings. The molecule has 1 fully saturated rings. The van der Waals surface area contributed by atoms with Crippen molar-refractivity contribution >= 4 is 22.4 Å². The van der Waals surface area contributed by atoms with Gasteiger partial charge in [0.05, 0.1) is 17.1 Å². The first kappa shape index (κ1) is 20.1. The van der Waals surface area contributed by atoms with Crippen LogP contribution in [0.4, 0.5) is 0 Å². The van der Waals surface area contributed by atoms with Gasteiger partial charge in [-0.2, -0.15) is 5.10 Å². The topological polar surface area (TPSA) is 64.2 Å². The number of benzene rings is 2. The fraction of sp³-hybridized carbons (Fsp3) is 0.391. The van der Waals surface area contributed by atoms with Crippen LogP contribution in [0.2, 0.25) is 5.02 Å². The fourth-order valence-electron chi connectivity index (χ4n) is 4.24. The van der Waals surface area contributed by atoms with Crippen molar-refractivity contribution in [2.75, 3.05) is 26.2 Å². The first-order valence-corrected chi connectivity index (χ1v) is 10.7. The Hall–Kier alpha value is -2.21. The molecule has 4 rings (SSSR count). The van der Waals surface area contributed by atoms with Crippen molar-refractivity contribution in [3.05, 3.63) is 75.2 Å². The first-order chi connectivity index (χ1) is 14.2. The molecule has 0 aliphatic carbocycles. The molecule has 0 amide bonds. The summed E-state index contributed by atoms with van der Waals surface area (Å²) < 4.78 is 1.75. The number of nitrogens with zero attached hydrogens (tertiary/aromatic N) is 3. The number of hydrogen-bond acceptors (Lipinski definition) is 4. The molecule has 1 aromatic heterocycles. The summed E-state index contributed by atoms with van der Waals surface area (Å²) in [5, 5.41) is 7.28. The molecule has 1 aliphatic rings. The summed E-state index contributed by atoms with van der Waals surface area (Å²) in [6.45, 7) is 3.57. The lowest BCUT2D eigenvalue weighted by molar-refractivity contribution is 0.285. The maximum atomic E-state index is 13.2. The third-order valence-corrected chi connectivity index (χ3v) is 6.02. The molecule has 5 nitrogen and oxygen atoms in total. The second kappa shape index (κ2) is 9.08. The molecule has 2 heterocycles. The van der Waals surface area contributed by atoms with E-state index in [2.05, 4.69) is 4.90 Å². The lowest BCUT2D eigenvalue weighted by Crippen LogP contribution is -2.32. The second-order valence-corrected chi connectivity index (χ2v) is 8.20. The minimum atomic E-state index is 0.0118. The summed E-state index contributed by atoms with van der Waals surface area (Å²) in [5.74, 6) is 0. The third kappa shape index (κ3) is 4.53.